The predicted octanol–water partition coefficient (Wildman–Crippen LogP) is 3.96. The Labute approximate surface area is 108 Å². The molecule has 0 aliphatic carbocycles. The summed E-state index contributed by atoms with van der Waals surface area (Å²) in [6, 6.07) is 10.9. The summed E-state index contributed by atoms with van der Waals surface area (Å²) >= 11 is 5.91. The summed E-state index contributed by atoms with van der Waals surface area (Å²) in [5.74, 6) is 2.14. The molecule has 0 aliphatic rings. The highest BCUT2D eigenvalue weighted by Gasteiger charge is 2.13. The fraction of sp³-hybridized carbons (Fsp3) is 0.0769. The van der Waals surface area contributed by atoms with Crippen molar-refractivity contribution >= 4 is 11.6 Å². The van der Waals surface area contributed by atoms with Gasteiger partial charge in [-0.05, 0) is 37.3 Å². The lowest BCUT2D eigenvalue weighted by Gasteiger charge is -1.94. The molecule has 0 saturated carbocycles. The van der Waals surface area contributed by atoms with E-state index in [1.807, 2.05) is 25.1 Å². The van der Waals surface area contributed by atoms with Gasteiger partial charge >= 0.3 is 0 Å². The largest absolute Gasteiger partial charge is 0.456 e. The Morgan fingerprint density at radius 1 is 1.00 bits per heavy atom. The second kappa shape index (κ2) is 4.31. The first kappa shape index (κ1) is 11.0. The fourth-order valence-corrected chi connectivity index (χ4v) is 1.80. The summed E-state index contributed by atoms with van der Waals surface area (Å²) in [5.41, 5.74) is 0.782. The van der Waals surface area contributed by atoms with E-state index in [2.05, 4.69) is 10.2 Å². The zero-order valence-corrected chi connectivity index (χ0v) is 10.3. The van der Waals surface area contributed by atoms with Gasteiger partial charge in [-0.3, -0.25) is 0 Å². The van der Waals surface area contributed by atoms with E-state index in [9.17, 15) is 0 Å². The number of hydrogen-bond donors (Lipinski definition) is 0. The molecule has 2 aromatic heterocycles. The van der Waals surface area contributed by atoms with Crippen LogP contribution in [0.3, 0.4) is 0 Å². The average molecular weight is 261 g/mol. The molecule has 0 unspecified atom stereocenters. The molecule has 0 atom stereocenters. The van der Waals surface area contributed by atoms with E-state index in [1.165, 1.54) is 0 Å². The van der Waals surface area contributed by atoms with E-state index in [0.717, 1.165) is 11.3 Å². The predicted molar refractivity (Wildman–Crippen MR) is 67.2 cm³/mol. The van der Waals surface area contributed by atoms with Crippen LogP contribution in [0, 0.1) is 6.92 Å². The zero-order chi connectivity index (χ0) is 12.5. The summed E-state index contributed by atoms with van der Waals surface area (Å²) in [5, 5.41) is 8.56. The fourth-order valence-electron chi connectivity index (χ4n) is 1.61. The molecule has 1 aromatic carbocycles. The lowest BCUT2D eigenvalue weighted by atomic mass is 10.2. The molecule has 3 aromatic rings. The van der Waals surface area contributed by atoms with Crippen molar-refractivity contribution in [1.29, 1.82) is 0 Å². The van der Waals surface area contributed by atoms with Crippen molar-refractivity contribution in [1.82, 2.24) is 10.2 Å². The van der Waals surface area contributed by atoms with Crippen LogP contribution in [-0.2, 0) is 0 Å². The van der Waals surface area contributed by atoms with Crippen molar-refractivity contribution in [2.45, 2.75) is 6.92 Å². The highest BCUT2D eigenvalue weighted by Crippen LogP contribution is 2.26. The quantitative estimate of drug-likeness (QED) is 0.700. The third-order valence-electron chi connectivity index (χ3n) is 2.45. The molecule has 90 valence electrons. The van der Waals surface area contributed by atoms with Crippen LogP contribution in [0.5, 0.6) is 0 Å². The molecule has 0 spiro atoms. The summed E-state index contributed by atoms with van der Waals surface area (Å²) < 4.78 is 11.0. The molecule has 18 heavy (non-hydrogen) atoms. The Hall–Kier alpha value is -2.07. The maximum atomic E-state index is 5.91. The van der Waals surface area contributed by atoms with Crippen molar-refractivity contribution in [2.75, 3.05) is 0 Å². The summed E-state index contributed by atoms with van der Waals surface area (Å²) in [7, 11) is 0. The number of hydrogen-bond acceptors (Lipinski definition) is 4. The monoisotopic (exact) mass is 260 g/mol. The minimum absolute atomic E-state index is 0.359. The lowest BCUT2D eigenvalue weighted by molar-refractivity contribution is 0.505. The molecule has 4 nitrogen and oxygen atoms in total. The van der Waals surface area contributed by atoms with E-state index in [1.54, 1.807) is 18.2 Å². The van der Waals surface area contributed by atoms with E-state index in [0.29, 0.717) is 22.6 Å². The van der Waals surface area contributed by atoms with Crippen LogP contribution in [0.2, 0.25) is 5.02 Å². The minimum Gasteiger partial charge on any atom is -0.456 e. The second-order valence-electron chi connectivity index (χ2n) is 3.83. The highest BCUT2D eigenvalue weighted by molar-refractivity contribution is 6.30. The van der Waals surface area contributed by atoms with Gasteiger partial charge in [0.1, 0.15) is 5.76 Å². The maximum Gasteiger partial charge on any atom is 0.283 e. The Bertz CT molecular complexity index is 688. The molecular weight excluding hydrogens is 252 g/mol. The van der Waals surface area contributed by atoms with Crippen LogP contribution in [0.4, 0.5) is 0 Å². The van der Waals surface area contributed by atoms with E-state index < -0.39 is 0 Å². The summed E-state index contributed by atoms with van der Waals surface area (Å²) in [6.07, 6.45) is 0. The third kappa shape index (κ3) is 2.02. The normalized spacial score (nSPS) is 10.8. The molecule has 3 rings (SSSR count). The van der Waals surface area contributed by atoms with Gasteiger partial charge in [0.15, 0.2) is 5.76 Å². The number of halogens is 1. The first-order chi connectivity index (χ1) is 8.72. The number of benzene rings is 1. The minimum atomic E-state index is 0.359. The number of furan rings is 1. The third-order valence-corrected chi connectivity index (χ3v) is 2.68. The average Bonchev–Trinajstić information content (AvgIpc) is 2.97. The Balaban J connectivity index is 1.99. The van der Waals surface area contributed by atoms with Gasteiger partial charge < -0.3 is 8.83 Å². The van der Waals surface area contributed by atoms with Gasteiger partial charge in [-0.15, -0.1) is 10.2 Å². The van der Waals surface area contributed by atoms with Crippen LogP contribution in [0.15, 0.2) is 45.2 Å². The van der Waals surface area contributed by atoms with Gasteiger partial charge in [-0.2, -0.15) is 0 Å². The van der Waals surface area contributed by atoms with E-state index >= 15 is 0 Å². The van der Waals surface area contributed by atoms with Gasteiger partial charge in [0, 0.05) is 10.6 Å². The Morgan fingerprint density at radius 2 is 1.83 bits per heavy atom. The second-order valence-corrected chi connectivity index (χ2v) is 4.27. The van der Waals surface area contributed by atoms with Crippen LogP contribution in [0.25, 0.3) is 23.1 Å². The molecule has 0 amide bonds. The number of aryl methyl sites for hydroxylation is 1. The first-order valence-electron chi connectivity index (χ1n) is 5.38. The van der Waals surface area contributed by atoms with Crippen molar-refractivity contribution in [3.63, 3.8) is 0 Å². The standard InChI is InChI=1S/C13H9ClN2O2/c1-8-5-6-11(17-8)13-16-15-12(18-13)9-3-2-4-10(14)7-9/h2-7H,1H3. The van der Waals surface area contributed by atoms with Gasteiger partial charge in [-0.1, -0.05) is 17.7 Å². The molecular formula is C13H9ClN2O2. The number of nitrogens with zero attached hydrogens (tertiary/aromatic N) is 2. The molecule has 0 N–H and O–H groups in total. The molecule has 5 heteroatoms. The van der Waals surface area contributed by atoms with Crippen molar-refractivity contribution in [2.24, 2.45) is 0 Å². The molecule has 0 bridgehead atoms. The van der Waals surface area contributed by atoms with Crippen molar-refractivity contribution in [3.05, 3.63) is 47.2 Å². The van der Waals surface area contributed by atoms with Crippen LogP contribution in [-0.4, -0.2) is 10.2 Å². The first-order valence-corrected chi connectivity index (χ1v) is 5.76. The lowest BCUT2D eigenvalue weighted by Crippen LogP contribution is -1.76. The SMILES string of the molecule is Cc1ccc(-c2nnc(-c3cccc(Cl)c3)o2)o1. The smallest absolute Gasteiger partial charge is 0.283 e. The molecule has 2 heterocycles. The van der Waals surface area contributed by atoms with Gasteiger partial charge in [0.25, 0.3) is 5.89 Å². The Kier molecular flexibility index (Phi) is 2.64. The van der Waals surface area contributed by atoms with Crippen LogP contribution < -0.4 is 0 Å². The van der Waals surface area contributed by atoms with Gasteiger partial charge in [0.2, 0.25) is 5.89 Å². The van der Waals surface area contributed by atoms with Crippen LogP contribution in [0.1, 0.15) is 5.76 Å². The van der Waals surface area contributed by atoms with Gasteiger partial charge in [-0.25, -0.2) is 0 Å². The van der Waals surface area contributed by atoms with E-state index in [-0.39, 0.29) is 0 Å². The highest BCUT2D eigenvalue weighted by atomic mass is 35.5. The van der Waals surface area contributed by atoms with Crippen molar-refractivity contribution in [3.8, 4) is 23.1 Å². The maximum absolute atomic E-state index is 5.91. The Morgan fingerprint density at radius 3 is 2.56 bits per heavy atom. The molecule has 0 radical (unpaired) electrons. The van der Waals surface area contributed by atoms with Crippen molar-refractivity contribution < 1.29 is 8.83 Å². The van der Waals surface area contributed by atoms with Crippen LogP contribution >= 0.6 is 11.6 Å². The zero-order valence-electron chi connectivity index (χ0n) is 9.55. The molecule has 0 saturated heterocycles. The topological polar surface area (TPSA) is 52.1 Å². The molecule has 0 fully saturated rings. The number of aromatic nitrogens is 2. The molecule has 0 aliphatic heterocycles. The van der Waals surface area contributed by atoms with E-state index in [4.69, 9.17) is 20.4 Å². The number of rotatable bonds is 2. The van der Waals surface area contributed by atoms with Gasteiger partial charge in [0.05, 0.1) is 0 Å². The summed E-state index contributed by atoms with van der Waals surface area (Å²) in [6.45, 7) is 1.86. The summed E-state index contributed by atoms with van der Waals surface area (Å²) in [4.78, 5) is 0.